The van der Waals surface area contributed by atoms with Gasteiger partial charge < -0.3 is 5.32 Å². The van der Waals surface area contributed by atoms with Gasteiger partial charge >= 0.3 is 0 Å². The van der Waals surface area contributed by atoms with Crippen LogP contribution >= 0.6 is 27.7 Å². The fourth-order valence-corrected chi connectivity index (χ4v) is 3.34. The van der Waals surface area contributed by atoms with Crippen molar-refractivity contribution in [3.8, 4) is 0 Å². The van der Waals surface area contributed by atoms with Crippen molar-refractivity contribution in [1.82, 2.24) is 0 Å². The maximum Gasteiger partial charge on any atom is 0.292 e. The van der Waals surface area contributed by atoms with Gasteiger partial charge in [-0.1, -0.05) is 28.1 Å². The van der Waals surface area contributed by atoms with Crippen LogP contribution in [0.2, 0.25) is 0 Å². The van der Waals surface area contributed by atoms with Crippen LogP contribution in [0.25, 0.3) is 0 Å². The van der Waals surface area contributed by atoms with Gasteiger partial charge in [0.1, 0.15) is 5.69 Å². The van der Waals surface area contributed by atoms with Gasteiger partial charge in [-0.3, -0.25) is 10.1 Å². The Kier molecular flexibility index (Phi) is 5.64. The Morgan fingerprint density at radius 1 is 1.29 bits per heavy atom. The van der Waals surface area contributed by atoms with Crippen molar-refractivity contribution >= 4 is 39.1 Å². The molecule has 0 fully saturated rings. The van der Waals surface area contributed by atoms with Crippen molar-refractivity contribution in [2.24, 2.45) is 0 Å². The van der Waals surface area contributed by atoms with Gasteiger partial charge in [-0.15, -0.1) is 11.8 Å². The predicted molar refractivity (Wildman–Crippen MR) is 91.0 cm³/mol. The van der Waals surface area contributed by atoms with E-state index in [1.165, 1.54) is 0 Å². The van der Waals surface area contributed by atoms with Crippen molar-refractivity contribution in [1.29, 1.82) is 0 Å². The molecule has 4 nitrogen and oxygen atoms in total. The molecule has 0 bridgehead atoms. The second-order valence-corrected chi connectivity index (χ2v) is 6.35. The molecule has 1 N–H and O–H groups in total. The van der Waals surface area contributed by atoms with E-state index in [1.807, 2.05) is 37.3 Å². The molecule has 0 aliphatic carbocycles. The third kappa shape index (κ3) is 4.47. The highest BCUT2D eigenvalue weighted by molar-refractivity contribution is 9.10. The summed E-state index contributed by atoms with van der Waals surface area (Å²) in [5, 5.41) is 14.0. The lowest BCUT2D eigenvalue weighted by molar-refractivity contribution is -0.384. The fraction of sp³-hybridized carbons (Fsp3) is 0.200. The average Bonchev–Trinajstić information content (AvgIpc) is 2.45. The minimum absolute atomic E-state index is 0.119. The van der Waals surface area contributed by atoms with Gasteiger partial charge in [0.2, 0.25) is 0 Å². The summed E-state index contributed by atoms with van der Waals surface area (Å²) in [6.45, 7) is 2.58. The summed E-state index contributed by atoms with van der Waals surface area (Å²) in [6.07, 6.45) is 0. The second-order valence-electron chi connectivity index (χ2n) is 4.38. The van der Waals surface area contributed by atoms with Crippen molar-refractivity contribution < 1.29 is 4.92 Å². The fourth-order valence-electron chi connectivity index (χ4n) is 1.89. The molecule has 0 saturated carbocycles. The lowest BCUT2D eigenvalue weighted by atomic mass is 10.2. The topological polar surface area (TPSA) is 55.2 Å². The quantitative estimate of drug-likeness (QED) is 0.439. The van der Waals surface area contributed by atoms with Gasteiger partial charge in [-0.05, 0) is 36.8 Å². The number of benzene rings is 2. The van der Waals surface area contributed by atoms with E-state index in [4.69, 9.17) is 0 Å². The minimum Gasteiger partial charge on any atom is -0.380 e. The van der Waals surface area contributed by atoms with Crippen molar-refractivity contribution in [3.05, 3.63) is 62.6 Å². The second kappa shape index (κ2) is 7.47. The van der Waals surface area contributed by atoms with E-state index in [-0.39, 0.29) is 10.6 Å². The molecule has 0 spiro atoms. The molecular formula is C15H15BrN2O2S. The number of halogens is 1. The van der Waals surface area contributed by atoms with Gasteiger partial charge in [-0.25, -0.2) is 0 Å². The molecule has 0 unspecified atom stereocenters. The monoisotopic (exact) mass is 366 g/mol. The Hall–Kier alpha value is -1.53. The molecule has 0 amide bonds. The Labute approximate surface area is 136 Å². The van der Waals surface area contributed by atoms with Crippen LogP contribution in [-0.2, 0) is 5.75 Å². The highest BCUT2D eigenvalue weighted by Gasteiger charge is 2.13. The molecule has 0 aromatic heterocycles. The maximum atomic E-state index is 11.0. The molecule has 2 aromatic rings. The third-order valence-electron chi connectivity index (χ3n) is 2.83. The molecular weight excluding hydrogens is 352 g/mol. The number of nitro benzene ring substituents is 1. The predicted octanol–water partition coefficient (Wildman–Crippen LogP) is 5.08. The highest BCUT2D eigenvalue weighted by atomic mass is 79.9. The number of nitrogens with zero attached hydrogens (tertiary/aromatic N) is 1. The Morgan fingerprint density at radius 3 is 2.76 bits per heavy atom. The number of nitro groups is 1. The van der Waals surface area contributed by atoms with Crippen LogP contribution in [0.3, 0.4) is 0 Å². The maximum absolute atomic E-state index is 11.0. The normalized spacial score (nSPS) is 10.4. The zero-order valence-electron chi connectivity index (χ0n) is 11.5. The minimum atomic E-state index is -0.358. The van der Waals surface area contributed by atoms with Crippen LogP contribution in [0.15, 0.2) is 51.8 Å². The van der Waals surface area contributed by atoms with Gasteiger partial charge in [0.25, 0.3) is 5.69 Å². The first-order valence-corrected chi connectivity index (χ1v) is 8.27. The number of nitrogens with one attached hydrogen (secondary N) is 1. The molecule has 0 radical (unpaired) electrons. The van der Waals surface area contributed by atoms with E-state index in [9.17, 15) is 10.1 Å². The van der Waals surface area contributed by atoms with Gasteiger partial charge in [0.15, 0.2) is 0 Å². The first-order chi connectivity index (χ1) is 10.1. The lowest BCUT2D eigenvalue weighted by Gasteiger charge is -2.08. The third-order valence-corrected chi connectivity index (χ3v) is 4.38. The Bertz CT molecular complexity index is 649. The van der Waals surface area contributed by atoms with Crippen molar-refractivity contribution in [2.75, 3.05) is 11.9 Å². The Balaban J connectivity index is 2.13. The highest BCUT2D eigenvalue weighted by Crippen LogP contribution is 2.30. The summed E-state index contributed by atoms with van der Waals surface area (Å²) < 4.78 is 1.05. The largest absolute Gasteiger partial charge is 0.380 e. The molecule has 2 rings (SSSR count). The standard InChI is InChI=1S/C15H15BrN2O2S/c1-2-17-14-8-11(6-7-15(14)18(19)20)10-21-13-5-3-4-12(16)9-13/h3-9,17H,2,10H2,1H3. The average molecular weight is 367 g/mol. The molecule has 0 atom stereocenters. The summed E-state index contributed by atoms with van der Waals surface area (Å²) in [5.41, 5.74) is 1.75. The van der Waals surface area contributed by atoms with Crippen LogP contribution < -0.4 is 5.32 Å². The smallest absolute Gasteiger partial charge is 0.292 e. The van der Waals surface area contributed by atoms with Crippen LogP contribution in [0, 0.1) is 10.1 Å². The molecule has 0 saturated heterocycles. The zero-order chi connectivity index (χ0) is 15.2. The van der Waals surface area contributed by atoms with Crippen LogP contribution in [-0.4, -0.2) is 11.5 Å². The number of anilines is 1. The number of hydrogen-bond acceptors (Lipinski definition) is 4. The van der Waals surface area contributed by atoms with Crippen LogP contribution in [0.1, 0.15) is 12.5 Å². The first kappa shape index (κ1) is 15.9. The van der Waals surface area contributed by atoms with Crippen molar-refractivity contribution in [2.45, 2.75) is 17.6 Å². The van der Waals surface area contributed by atoms with E-state index in [2.05, 4.69) is 27.3 Å². The van der Waals surface area contributed by atoms with Gasteiger partial charge in [0.05, 0.1) is 4.92 Å². The lowest BCUT2D eigenvalue weighted by Crippen LogP contribution is -2.01. The molecule has 110 valence electrons. The van der Waals surface area contributed by atoms with E-state index in [0.29, 0.717) is 12.2 Å². The summed E-state index contributed by atoms with van der Waals surface area (Å²) in [4.78, 5) is 11.8. The van der Waals surface area contributed by atoms with E-state index in [0.717, 1.165) is 20.7 Å². The molecule has 0 aliphatic heterocycles. The summed E-state index contributed by atoms with van der Waals surface area (Å²) >= 11 is 5.15. The van der Waals surface area contributed by atoms with Crippen LogP contribution in [0.5, 0.6) is 0 Å². The molecule has 21 heavy (non-hydrogen) atoms. The molecule has 6 heteroatoms. The molecule has 0 aliphatic rings. The van der Waals surface area contributed by atoms with E-state index >= 15 is 0 Å². The number of rotatable bonds is 6. The summed E-state index contributed by atoms with van der Waals surface area (Å²) in [5.74, 6) is 0.771. The first-order valence-electron chi connectivity index (χ1n) is 6.49. The SMILES string of the molecule is CCNc1cc(CSc2cccc(Br)c2)ccc1[N+](=O)[O-]. The van der Waals surface area contributed by atoms with Gasteiger partial charge in [0, 0.05) is 27.7 Å². The van der Waals surface area contributed by atoms with Crippen molar-refractivity contribution in [3.63, 3.8) is 0 Å². The van der Waals surface area contributed by atoms with Gasteiger partial charge in [-0.2, -0.15) is 0 Å². The number of hydrogen-bond donors (Lipinski definition) is 1. The van der Waals surface area contributed by atoms with Crippen LogP contribution in [0.4, 0.5) is 11.4 Å². The molecule has 2 aromatic carbocycles. The van der Waals surface area contributed by atoms with E-state index in [1.54, 1.807) is 17.8 Å². The zero-order valence-corrected chi connectivity index (χ0v) is 13.9. The molecule has 0 heterocycles. The summed E-state index contributed by atoms with van der Waals surface area (Å²) in [6, 6.07) is 13.3. The van der Waals surface area contributed by atoms with E-state index < -0.39 is 0 Å². The number of thioether (sulfide) groups is 1. The summed E-state index contributed by atoms with van der Waals surface area (Å²) in [7, 11) is 0. The Morgan fingerprint density at radius 2 is 2.10 bits per heavy atom.